The topological polar surface area (TPSA) is 6.48 Å². The molecule has 0 spiro atoms. The highest BCUT2D eigenvalue weighted by Gasteiger charge is 2.21. The lowest BCUT2D eigenvalue weighted by Crippen LogP contribution is -2.42. The molecule has 2 heteroatoms. The number of hydrogen-bond acceptors (Lipinski definition) is 2. The average molecular weight is 381 g/mol. The van der Waals surface area contributed by atoms with Gasteiger partial charge in [-0.25, -0.2) is 0 Å². The van der Waals surface area contributed by atoms with E-state index in [9.17, 15) is 0 Å². The van der Waals surface area contributed by atoms with Crippen LogP contribution >= 0.6 is 0 Å². The molecular formula is C26H40N2. The van der Waals surface area contributed by atoms with Gasteiger partial charge in [-0.2, -0.15) is 0 Å². The van der Waals surface area contributed by atoms with Crippen molar-refractivity contribution in [2.24, 2.45) is 11.8 Å². The van der Waals surface area contributed by atoms with Crippen LogP contribution in [0.1, 0.15) is 50.8 Å². The summed E-state index contributed by atoms with van der Waals surface area (Å²) in [6.07, 6.45) is 2.37. The first-order valence-corrected chi connectivity index (χ1v) is 10.8. The van der Waals surface area contributed by atoms with Gasteiger partial charge in [0.15, 0.2) is 0 Å². The van der Waals surface area contributed by atoms with Crippen molar-refractivity contribution >= 4 is 0 Å². The summed E-state index contributed by atoms with van der Waals surface area (Å²) in [6, 6.07) is 20.7. The van der Waals surface area contributed by atoms with E-state index in [1.165, 1.54) is 23.1 Å². The van der Waals surface area contributed by atoms with E-state index in [2.05, 4.69) is 106 Å². The molecule has 0 radical (unpaired) electrons. The van der Waals surface area contributed by atoms with Crippen LogP contribution in [0.2, 0.25) is 0 Å². The highest BCUT2D eigenvalue weighted by molar-refractivity contribution is 5.24. The highest BCUT2D eigenvalue weighted by Crippen LogP contribution is 2.20. The first-order valence-electron chi connectivity index (χ1n) is 10.8. The second-order valence-corrected chi connectivity index (χ2v) is 9.35. The van der Waals surface area contributed by atoms with Crippen LogP contribution in [-0.4, -0.2) is 36.5 Å². The van der Waals surface area contributed by atoms with Crippen molar-refractivity contribution in [3.63, 3.8) is 0 Å². The summed E-state index contributed by atoms with van der Waals surface area (Å²) in [5, 5.41) is 0. The third-order valence-corrected chi connectivity index (χ3v) is 5.09. The standard InChI is InChI=1S/C26H40N2/c1-21(2)15-24-13-10-14-25(17-24)19-28(18-23-11-8-7-9-12-23)26(16-22(3)4)20-27(5)6/h7-14,17,21-22,26H,15-16,18-20H2,1-6H3/t26-/m0/s1. The van der Waals surface area contributed by atoms with Crippen molar-refractivity contribution in [1.82, 2.24) is 9.80 Å². The van der Waals surface area contributed by atoms with Gasteiger partial charge in [-0.15, -0.1) is 0 Å². The zero-order valence-corrected chi connectivity index (χ0v) is 18.9. The lowest BCUT2D eigenvalue weighted by Gasteiger charge is -2.35. The Morgan fingerprint density at radius 3 is 1.93 bits per heavy atom. The number of benzene rings is 2. The van der Waals surface area contributed by atoms with Crippen LogP contribution < -0.4 is 0 Å². The van der Waals surface area contributed by atoms with Crippen LogP contribution in [0.15, 0.2) is 54.6 Å². The van der Waals surface area contributed by atoms with Crippen molar-refractivity contribution in [2.45, 2.75) is 59.7 Å². The van der Waals surface area contributed by atoms with Crippen molar-refractivity contribution in [3.8, 4) is 0 Å². The Kier molecular flexibility index (Phi) is 9.21. The third kappa shape index (κ3) is 8.16. The molecule has 2 aromatic rings. The van der Waals surface area contributed by atoms with E-state index in [0.717, 1.165) is 26.1 Å². The molecule has 0 aromatic heterocycles. The van der Waals surface area contributed by atoms with Gasteiger partial charge in [0.1, 0.15) is 0 Å². The summed E-state index contributed by atoms with van der Waals surface area (Å²) in [7, 11) is 4.38. The highest BCUT2D eigenvalue weighted by atomic mass is 15.2. The summed E-state index contributed by atoms with van der Waals surface area (Å²) in [6.45, 7) is 12.4. The van der Waals surface area contributed by atoms with E-state index in [0.29, 0.717) is 17.9 Å². The molecule has 0 N–H and O–H groups in total. The quantitative estimate of drug-likeness (QED) is 0.481. The fourth-order valence-electron chi connectivity index (χ4n) is 4.00. The maximum absolute atomic E-state index is 2.68. The minimum Gasteiger partial charge on any atom is -0.308 e. The van der Waals surface area contributed by atoms with Crippen LogP contribution in [0.25, 0.3) is 0 Å². The van der Waals surface area contributed by atoms with E-state index in [4.69, 9.17) is 0 Å². The van der Waals surface area contributed by atoms with Crippen LogP contribution in [0, 0.1) is 11.8 Å². The van der Waals surface area contributed by atoms with Gasteiger partial charge in [0.25, 0.3) is 0 Å². The molecule has 0 bridgehead atoms. The molecule has 2 aromatic carbocycles. The number of rotatable bonds is 11. The first-order chi connectivity index (χ1) is 13.3. The summed E-state index contributed by atoms with van der Waals surface area (Å²) < 4.78 is 0. The number of likely N-dealkylation sites (N-methyl/N-ethyl adjacent to an activating group) is 1. The van der Waals surface area contributed by atoms with Crippen molar-refractivity contribution < 1.29 is 0 Å². The van der Waals surface area contributed by atoms with E-state index in [1.54, 1.807) is 0 Å². The molecule has 0 saturated carbocycles. The van der Waals surface area contributed by atoms with Gasteiger partial charge >= 0.3 is 0 Å². The van der Waals surface area contributed by atoms with Gasteiger partial charge in [-0.05, 0) is 55.5 Å². The van der Waals surface area contributed by atoms with Gasteiger partial charge in [-0.3, -0.25) is 4.90 Å². The molecule has 0 saturated heterocycles. The number of hydrogen-bond donors (Lipinski definition) is 0. The monoisotopic (exact) mass is 380 g/mol. The molecule has 0 amide bonds. The molecule has 1 atom stereocenters. The Morgan fingerprint density at radius 1 is 0.714 bits per heavy atom. The molecule has 154 valence electrons. The minimum atomic E-state index is 0.545. The normalized spacial score (nSPS) is 13.1. The summed E-state index contributed by atoms with van der Waals surface area (Å²) in [5.41, 5.74) is 4.29. The Morgan fingerprint density at radius 2 is 1.32 bits per heavy atom. The molecule has 0 unspecified atom stereocenters. The van der Waals surface area contributed by atoms with Crippen LogP contribution in [-0.2, 0) is 19.5 Å². The van der Waals surface area contributed by atoms with Crippen LogP contribution in [0.5, 0.6) is 0 Å². The zero-order valence-electron chi connectivity index (χ0n) is 18.9. The van der Waals surface area contributed by atoms with E-state index < -0.39 is 0 Å². The van der Waals surface area contributed by atoms with E-state index in [1.807, 2.05) is 0 Å². The third-order valence-electron chi connectivity index (χ3n) is 5.09. The zero-order chi connectivity index (χ0) is 20.5. The SMILES string of the molecule is CC(C)Cc1cccc(CN(Cc2ccccc2)[C@@H](CC(C)C)CN(C)C)c1. The summed E-state index contributed by atoms with van der Waals surface area (Å²) in [4.78, 5) is 5.02. The molecule has 0 aliphatic rings. The second-order valence-electron chi connectivity index (χ2n) is 9.35. The van der Waals surface area contributed by atoms with E-state index in [-0.39, 0.29) is 0 Å². The summed E-state index contributed by atoms with van der Waals surface area (Å²) >= 11 is 0. The van der Waals surface area contributed by atoms with Gasteiger partial charge in [0.05, 0.1) is 0 Å². The van der Waals surface area contributed by atoms with E-state index >= 15 is 0 Å². The smallest absolute Gasteiger partial charge is 0.0240 e. The van der Waals surface area contributed by atoms with Gasteiger partial charge in [-0.1, -0.05) is 82.3 Å². The molecule has 0 heterocycles. The van der Waals surface area contributed by atoms with Gasteiger partial charge < -0.3 is 4.90 Å². The molecule has 0 aliphatic carbocycles. The Bertz CT molecular complexity index is 666. The maximum Gasteiger partial charge on any atom is 0.0240 e. The molecule has 0 aliphatic heterocycles. The summed E-state index contributed by atoms with van der Waals surface area (Å²) in [5.74, 6) is 1.38. The van der Waals surface area contributed by atoms with Crippen LogP contribution in [0.4, 0.5) is 0 Å². The predicted octanol–water partition coefficient (Wildman–Crippen LogP) is 5.86. The lowest BCUT2D eigenvalue weighted by molar-refractivity contribution is 0.127. The van der Waals surface area contributed by atoms with Crippen molar-refractivity contribution in [2.75, 3.05) is 20.6 Å². The molecular weight excluding hydrogens is 340 g/mol. The largest absolute Gasteiger partial charge is 0.308 e. The van der Waals surface area contributed by atoms with Crippen molar-refractivity contribution in [1.29, 1.82) is 0 Å². The maximum atomic E-state index is 2.68. The Labute approximate surface area is 173 Å². The van der Waals surface area contributed by atoms with Crippen LogP contribution in [0.3, 0.4) is 0 Å². The molecule has 28 heavy (non-hydrogen) atoms. The fourth-order valence-corrected chi connectivity index (χ4v) is 4.00. The molecule has 2 nitrogen and oxygen atoms in total. The van der Waals surface area contributed by atoms with Crippen molar-refractivity contribution in [3.05, 3.63) is 71.3 Å². The minimum absolute atomic E-state index is 0.545. The average Bonchev–Trinajstić information content (AvgIpc) is 2.60. The Balaban J connectivity index is 2.25. The second kappa shape index (κ2) is 11.4. The van der Waals surface area contributed by atoms with Gasteiger partial charge in [0, 0.05) is 25.7 Å². The predicted molar refractivity (Wildman–Crippen MR) is 122 cm³/mol. The fraction of sp³-hybridized carbons (Fsp3) is 0.538. The lowest BCUT2D eigenvalue weighted by atomic mass is 9.98. The molecule has 0 fully saturated rings. The molecule has 2 rings (SSSR count). The number of nitrogens with zero attached hydrogens (tertiary/aromatic N) is 2. The van der Waals surface area contributed by atoms with Gasteiger partial charge in [0.2, 0.25) is 0 Å². The first kappa shape index (κ1) is 22.6. The Hall–Kier alpha value is -1.64.